The van der Waals surface area contributed by atoms with Gasteiger partial charge in [-0.05, 0) is 27.7 Å². The summed E-state index contributed by atoms with van der Waals surface area (Å²) in [6.07, 6.45) is 0. The lowest BCUT2D eigenvalue weighted by atomic mass is 10.3. The average molecular weight is 194 g/mol. The van der Waals surface area contributed by atoms with E-state index in [0.717, 1.165) is 0 Å². The van der Waals surface area contributed by atoms with Gasteiger partial charge < -0.3 is 5.73 Å². The second kappa shape index (κ2) is 3.72. The van der Waals surface area contributed by atoms with Crippen molar-refractivity contribution in [3.8, 4) is 0 Å². The zero-order valence-corrected chi connectivity index (χ0v) is 8.90. The fourth-order valence-electron chi connectivity index (χ4n) is 0.458. The molecule has 3 N–H and O–H groups in total. The van der Waals surface area contributed by atoms with Crippen LogP contribution in [-0.4, -0.2) is 25.8 Å². The molecule has 0 aliphatic heterocycles. The first-order chi connectivity index (χ1) is 5.17. The van der Waals surface area contributed by atoms with E-state index in [0.29, 0.717) is 6.54 Å². The van der Waals surface area contributed by atoms with Crippen molar-refractivity contribution in [1.82, 2.24) is 4.72 Å². The van der Waals surface area contributed by atoms with Gasteiger partial charge in [0.25, 0.3) is 0 Å². The monoisotopic (exact) mass is 194 g/mol. The van der Waals surface area contributed by atoms with E-state index < -0.39 is 14.8 Å². The zero-order chi connectivity index (χ0) is 9.99. The Morgan fingerprint density at radius 2 is 1.83 bits per heavy atom. The second-order valence-electron chi connectivity index (χ2n) is 3.94. The lowest BCUT2D eigenvalue weighted by Crippen LogP contribution is -2.43. The zero-order valence-electron chi connectivity index (χ0n) is 8.09. The normalized spacial score (nSPS) is 16.1. The van der Waals surface area contributed by atoms with Crippen LogP contribution in [0, 0.1) is 0 Å². The van der Waals surface area contributed by atoms with Crippen LogP contribution in [0.25, 0.3) is 0 Å². The quantitative estimate of drug-likeness (QED) is 0.667. The van der Waals surface area contributed by atoms with Crippen LogP contribution in [0.15, 0.2) is 0 Å². The summed E-state index contributed by atoms with van der Waals surface area (Å²) in [4.78, 5) is 0. The molecule has 0 saturated carbocycles. The van der Waals surface area contributed by atoms with Gasteiger partial charge in [-0.2, -0.15) is 0 Å². The second-order valence-corrected chi connectivity index (χ2v) is 6.46. The maximum atomic E-state index is 11.4. The summed E-state index contributed by atoms with van der Waals surface area (Å²) in [5.74, 6) is 0. The molecular weight excluding hydrogens is 176 g/mol. The molecule has 0 aliphatic rings. The van der Waals surface area contributed by atoms with E-state index >= 15 is 0 Å². The molecule has 0 radical (unpaired) electrons. The SMILES string of the molecule is CC(N)CNS(=O)(=O)C(C)(C)C. The van der Waals surface area contributed by atoms with Gasteiger partial charge in [0.05, 0.1) is 4.75 Å². The Bertz CT molecular complexity index is 226. The van der Waals surface area contributed by atoms with Crippen molar-refractivity contribution in [3.05, 3.63) is 0 Å². The van der Waals surface area contributed by atoms with Crippen molar-refractivity contribution in [2.75, 3.05) is 6.54 Å². The predicted octanol–water partition coefficient (Wildman–Crippen LogP) is 0.0515. The Kier molecular flexibility index (Phi) is 3.68. The van der Waals surface area contributed by atoms with Crippen LogP contribution in [0.2, 0.25) is 0 Å². The van der Waals surface area contributed by atoms with E-state index in [9.17, 15) is 8.42 Å². The summed E-state index contributed by atoms with van der Waals surface area (Å²) < 4.78 is 24.5. The molecule has 0 fully saturated rings. The van der Waals surface area contributed by atoms with Gasteiger partial charge in [0.1, 0.15) is 0 Å². The molecule has 0 rings (SSSR count). The first-order valence-corrected chi connectivity index (χ1v) is 5.40. The third-order valence-electron chi connectivity index (χ3n) is 1.40. The largest absolute Gasteiger partial charge is 0.327 e. The Balaban J connectivity index is 4.27. The van der Waals surface area contributed by atoms with Crippen molar-refractivity contribution < 1.29 is 8.42 Å². The molecule has 0 saturated heterocycles. The van der Waals surface area contributed by atoms with Crippen molar-refractivity contribution >= 4 is 10.0 Å². The molecule has 12 heavy (non-hydrogen) atoms. The van der Waals surface area contributed by atoms with Crippen LogP contribution >= 0.6 is 0 Å². The molecule has 0 heterocycles. The van der Waals surface area contributed by atoms with E-state index in [4.69, 9.17) is 5.73 Å². The Hall–Kier alpha value is -0.130. The smallest absolute Gasteiger partial charge is 0.216 e. The maximum absolute atomic E-state index is 11.4. The molecular formula is C7H18N2O2S. The number of rotatable bonds is 3. The van der Waals surface area contributed by atoms with Gasteiger partial charge in [-0.3, -0.25) is 0 Å². The van der Waals surface area contributed by atoms with Gasteiger partial charge in [-0.15, -0.1) is 0 Å². The van der Waals surface area contributed by atoms with E-state index in [1.165, 1.54) is 0 Å². The highest BCUT2D eigenvalue weighted by Crippen LogP contribution is 2.12. The van der Waals surface area contributed by atoms with Gasteiger partial charge in [0.2, 0.25) is 10.0 Å². The van der Waals surface area contributed by atoms with Crippen molar-refractivity contribution in [2.45, 2.75) is 38.5 Å². The number of hydrogen-bond acceptors (Lipinski definition) is 3. The van der Waals surface area contributed by atoms with Gasteiger partial charge in [-0.25, -0.2) is 13.1 Å². The summed E-state index contributed by atoms with van der Waals surface area (Å²) in [5.41, 5.74) is 5.42. The molecule has 0 spiro atoms. The van der Waals surface area contributed by atoms with Crippen LogP contribution in [0.3, 0.4) is 0 Å². The fourth-order valence-corrected chi connectivity index (χ4v) is 1.37. The van der Waals surface area contributed by atoms with Crippen molar-refractivity contribution in [2.24, 2.45) is 5.73 Å². The van der Waals surface area contributed by atoms with Gasteiger partial charge in [0.15, 0.2) is 0 Å². The third-order valence-corrected chi connectivity index (χ3v) is 3.56. The summed E-state index contributed by atoms with van der Waals surface area (Å²) in [7, 11) is -3.22. The lowest BCUT2D eigenvalue weighted by molar-refractivity contribution is 0.539. The van der Waals surface area contributed by atoms with E-state index in [1.54, 1.807) is 27.7 Å². The minimum absolute atomic E-state index is 0.151. The molecule has 0 aliphatic carbocycles. The molecule has 0 aromatic heterocycles. The number of hydrogen-bond donors (Lipinski definition) is 2. The minimum atomic E-state index is -3.22. The molecule has 74 valence electrons. The average Bonchev–Trinajstić information content (AvgIpc) is 1.81. The number of nitrogens with one attached hydrogen (secondary N) is 1. The van der Waals surface area contributed by atoms with E-state index in [2.05, 4.69) is 4.72 Å². The molecule has 1 atom stereocenters. The molecule has 0 aromatic rings. The Morgan fingerprint density at radius 3 is 2.08 bits per heavy atom. The summed E-state index contributed by atoms with van der Waals surface area (Å²) in [5, 5.41) is 0. The van der Waals surface area contributed by atoms with E-state index in [-0.39, 0.29) is 6.04 Å². The minimum Gasteiger partial charge on any atom is -0.327 e. The van der Waals surface area contributed by atoms with E-state index in [1.807, 2.05) is 0 Å². The highest BCUT2D eigenvalue weighted by molar-refractivity contribution is 7.90. The van der Waals surface area contributed by atoms with Crippen LogP contribution in [-0.2, 0) is 10.0 Å². The lowest BCUT2D eigenvalue weighted by Gasteiger charge is -2.20. The van der Waals surface area contributed by atoms with Gasteiger partial charge in [0, 0.05) is 12.6 Å². The van der Waals surface area contributed by atoms with Crippen molar-refractivity contribution in [1.29, 1.82) is 0 Å². The highest BCUT2D eigenvalue weighted by Gasteiger charge is 2.28. The summed E-state index contributed by atoms with van der Waals surface area (Å²) in [6, 6.07) is -0.151. The maximum Gasteiger partial charge on any atom is 0.216 e. The third kappa shape index (κ3) is 3.51. The first-order valence-electron chi connectivity index (χ1n) is 3.91. The highest BCUT2D eigenvalue weighted by atomic mass is 32.2. The van der Waals surface area contributed by atoms with Gasteiger partial charge >= 0.3 is 0 Å². The molecule has 5 heteroatoms. The fraction of sp³-hybridized carbons (Fsp3) is 1.00. The first kappa shape index (κ1) is 11.9. The van der Waals surface area contributed by atoms with Gasteiger partial charge in [-0.1, -0.05) is 0 Å². The molecule has 1 unspecified atom stereocenters. The molecule has 4 nitrogen and oxygen atoms in total. The molecule has 0 aromatic carbocycles. The van der Waals surface area contributed by atoms with Crippen LogP contribution in [0.1, 0.15) is 27.7 Å². The standard InChI is InChI=1S/C7H18N2O2S/c1-6(8)5-9-12(10,11)7(2,3)4/h6,9H,5,8H2,1-4H3. The predicted molar refractivity (Wildman–Crippen MR) is 50.3 cm³/mol. The summed E-state index contributed by atoms with van der Waals surface area (Å²) >= 11 is 0. The molecule has 0 bridgehead atoms. The molecule has 0 amide bonds. The topological polar surface area (TPSA) is 72.2 Å². The number of nitrogens with two attached hydrogens (primary N) is 1. The Labute approximate surface area is 74.6 Å². The van der Waals surface area contributed by atoms with Crippen LogP contribution in [0.5, 0.6) is 0 Å². The Morgan fingerprint density at radius 1 is 1.42 bits per heavy atom. The summed E-state index contributed by atoms with van der Waals surface area (Å²) in [6.45, 7) is 6.99. The van der Waals surface area contributed by atoms with Crippen molar-refractivity contribution in [3.63, 3.8) is 0 Å². The van der Waals surface area contributed by atoms with Crippen LogP contribution < -0.4 is 10.5 Å². The number of sulfonamides is 1. The van der Waals surface area contributed by atoms with Crippen LogP contribution in [0.4, 0.5) is 0 Å².